The Morgan fingerprint density at radius 3 is 1.84 bits per heavy atom. The van der Waals surface area contributed by atoms with Gasteiger partial charge in [-0.3, -0.25) is 0 Å². The summed E-state index contributed by atoms with van der Waals surface area (Å²) in [6, 6.07) is 73.9. The number of fused-ring (bicyclic) bond motifs is 7. The van der Waals surface area contributed by atoms with Crippen LogP contribution in [0.15, 0.2) is 211 Å². The van der Waals surface area contributed by atoms with Gasteiger partial charge in [-0.2, -0.15) is 0 Å². The minimum Gasteiger partial charge on any atom is -0.455 e. The molecule has 0 fully saturated rings. The lowest BCUT2D eigenvalue weighted by Gasteiger charge is -2.28. The molecule has 0 spiro atoms. The van der Waals surface area contributed by atoms with Crippen LogP contribution in [0.25, 0.3) is 82.5 Å². The fourth-order valence-corrected chi connectivity index (χ4v) is 8.54. The topological polar surface area (TPSA) is 21.3 Å². The molecule has 0 atom stereocenters. The van der Waals surface area contributed by atoms with Crippen LogP contribution >= 0.6 is 0 Å². The Hall–Kier alpha value is -7.36. The van der Waals surface area contributed by atoms with Gasteiger partial charge in [0.1, 0.15) is 11.2 Å². The molecule has 0 radical (unpaired) electrons. The minimum atomic E-state index is 0.865. The number of hydrogen-bond donors (Lipinski definition) is 0. The van der Waals surface area contributed by atoms with E-state index in [9.17, 15) is 0 Å². The van der Waals surface area contributed by atoms with Gasteiger partial charge in [0.15, 0.2) is 0 Å². The Labute approximate surface area is 318 Å². The van der Waals surface area contributed by atoms with E-state index in [1.54, 1.807) is 0 Å². The molecule has 0 unspecified atom stereocenters. The van der Waals surface area contributed by atoms with Gasteiger partial charge >= 0.3 is 0 Å². The summed E-state index contributed by atoms with van der Waals surface area (Å²) in [7, 11) is 0. The van der Waals surface area contributed by atoms with E-state index in [2.05, 4.69) is 210 Å². The second-order valence-electron chi connectivity index (χ2n) is 14.1. The molecular weight excluding hydrogens is 669 g/mol. The third-order valence-electron chi connectivity index (χ3n) is 11.0. The maximum Gasteiger partial charge on any atom is 0.145 e. The molecule has 2 heterocycles. The number of para-hydroxylation sites is 4. The van der Waals surface area contributed by atoms with Gasteiger partial charge in [0, 0.05) is 44.2 Å². The van der Waals surface area contributed by atoms with Crippen molar-refractivity contribution in [3.05, 3.63) is 206 Å². The van der Waals surface area contributed by atoms with Crippen molar-refractivity contribution in [2.24, 2.45) is 0 Å². The first-order valence-corrected chi connectivity index (χ1v) is 18.8. The van der Waals surface area contributed by atoms with Crippen LogP contribution in [-0.2, 0) is 0 Å². The summed E-state index contributed by atoms with van der Waals surface area (Å²) < 4.78 is 9.26. The van der Waals surface area contributed by atoms with Crippen molar-refractivity contribution in [1.82, 2.24) is 4.57 Å². The molecular formula is C52H34N2O. The lowest BCUT2D eigenvalue weighted by atomic mass is 9.96. The fraction of sp³-hybridized carbons (Fsp3) is 0. The van der Waals surface area contributed by atoms with Gasteiger partial charge in [-0.15, -0.1) is 0 Å². The molecule has 0 N–H and O–H groups in total. The Morgan fingerprint density at radius 1 is 0.400 bits per heavy atom. The Bertz CT molecular complexity index is 3170. The Balaban J connectivity index is 1.18. The SMILES string of the molecule is c1ccc(N(c2cccc(-c3cccc4ccccc34)c2)c2ccc3c(oc4ccccc43)c2-c2cccc(-n3c4ccccc4c4ccccc43)c2)cc1. The Morgan fingerprint density at radius 2 is 1.02 bits per heavy atom. The number of benzene rings is 9. The third-order valence-corrected chi connectivity index (χ3v) is 11.0. The second kappa shape index (κ2) is 12.6. The van der Waals surface area contributed by atoms with Gasteiger partial charge in [-0.25, -0.2) is 0 Å². The first-order valence-electron chi connectivity index (χ1n) is 18.8. The minimum absolute atomic E-state index is 0.865. The number of aromatic nitrogens is 1. The molecule has 55 heavy (non-hydrogen) atoms. The molecule has 9 aromatic carbocycles. The molecule has 0 aliphatic rings. The Kier molecular flexibility index (Phi) is 7.17. The van der Waals surface area contributed by atoms with Gasteiger partial charge in [0.25, 0.3) is 0 Å². The van der Waals surface area contributed by atoms with Gasteiger partial charge in [-0.05, 0) is 94.2 Å². The van der Waals surface area contributed by atoms with E-state index < -0.39 is 0 Å². The maximum atomic E-state index is 6.88. The molecule has 0 aliphatic heterocycles. The monoisotopic (exact) mass is 702 g/mol. The largest absolute Gasteiger partial charge is 0.455 e. The number of anilines is 3. The van der Waals surface area contributed by atoms with Crippen molar-refractivity contribution in [3.8, 4) is 27.9 Å². The molecule has 0 saturated heterocycles. The summed E-state index contributed by atoms with van der Waals surface area (Å²) in [5.41, 5.74) is 12.8. The average molecular weight is 703 g/mol. The normalized spacial score (nSPS) is 11.6. The molecule has 0 amide bonds. The van der Waals surface area contributed by atoms with Crippen molar-refractivity contribution >= 4 is 71.6 Å². The van der Waals surface area contributed by atoms with Crippen molar-refractivity contribution in [3.63, 3.8) is 0 Å². The smallest absolute Gasteiger partial charge is 0.145 e. The van der Waals surface area contributed by atoms with E-state index in [0.717, 1.165) is 61.4 Å². The van der Waals surface area contributed by atoms with Crippen LogP contribution in [0.2, 0.25) is 0 Å². The van der Waals surface area contributed by atoms with E-state index in [1.807, 2.05) is 6.07 Å². The molecule has 258 valence electrons. The predicted molar refractivity (Wildman–Crippen MR) is 231 cm³/mol. The molecule has 11 rings (SSSR count). The van der Waals surface area contributed by atoms with E-state index in [0.29, 0.717) is 0 Å². The second-order valence-corrected chi connectivity index (χ2v) is 14.1. The van der Waals surface area contributed by atoms with Gasteiger partial charge in [0.2, 0.25) is 0 Å². The van der Waals surface area contributed by atoms with Gasteiger partial charge in [-0.1, -0.05) is 140 Å². The van der Waals surface area contributed by atoms with E-state index in [-0.39, 0.29) is 0 Å². The first-order chi connectivity index (χ1) is 27.3. The van der Waals surface area contributed by atoms with Crippen LogP contribution in [0.1, 0.15) is 0 Å². The average Bonchev–Trinajstić information content (AvgIpc) is 3.80. The number of hydrogen-bond acceptors (Lipinski definition) is 2. The molecule has 0 aliphatic carbocycles. The van der Waals surface area contributed by atoms with Gasteiger partial charge in [0.05, 0.1) is 16.7 Å². The van der Waals surface area contributed by atoms with Crippen molar-refractivity contribution < 1.29 is 4.42 Å². The molecule has 2 aromatic heterocycles. The summed E-state index contributed by atoms with van der Waals surface area (Å²) in [6.45, 7) is 0. The summed E-state index contributed by atoms with van der Waals surface area (Å²) in [4.78, 5) is 2.38. The van der Waals surface area contributed by atoms with E-state index >= 15 is 0 Å². The molecule has 3 nitrogen and oxygen atoms in total. The van der Waals surface area contributed by atoms with Crippen LogP contribution in [0.3, 0.4) is 0 Å². The first kappa shape index (κ1) is 31.2. The fourth-order valence-electron chi connectivity index (χ4n) is 8.54. The predicted octanol–water partition coefficient (Wildman–Crippen LogP) is 14.6. The summed E-state index contributed by atoms with van der Waals surface area (Å²) in [5, 5.41) is 7.14. The van der Waals surface area contributed by atoms with Crippen molar-refractivity contribution in [1.29, 1.82) is 0 Å². The van der Waals surface area contributed by atoms with Crippen LogP contribution < -0.4 is 4.90 Å². The maximum absolute atomic E-state index is 6.88. The van der Waals surface area contributed by atoms with Crippen LogP contribution in [0.4, 0.5) is 17.1 Å². The molecule has 3 heteroatoms. The number of nitrogens with zero attached hydrogens (tertiary/aromatic N) is 2. The van der Waals surface area contributed by atoms with Crippen LogP contribution in [0, 0.1) is 0 Å². The van der Waals surface area contributed by atoms with Crippen LogP contribution in [0.5, 0.6) is 0 Å². The zero-order chi connectivity index (χ0) is 36.3. The lowest BCUT2D eigenvalue weighted by molar-refractivity contribution is 0.670. The lowest BCUT2D eigenvalue weighted by Crippen LogP contribution is -2.11. The highest BCUT2D eigenvalue weighted by atomic mass is 16.3. The highest BCUT2D eigenvalue weighted by Crippen LogP contribution is 2.47. The molecule has 0 bridgehead atoms. The summed E-state index contributed by atoms with van der Waals surface area (Å²) in [5.74, 6) is 0. The molecule has 0 saturated carbocycles. The molecule has 11 aromatic rings. The van der Waals surface area contributed by atoms with Crippen LogP contribution in [-0.4, -0.2) is 4.57 Å². The van der Waals surface area contributed by atoms with Crippen molar-refractivity contribution in [2.45, 2.75) is 0 Å². The zero-order valence-corrected chi connectivity index (χ0v) is 29.9. The summed E-state index contributed by atoms with van der Waals surface area (Å²) in [6.07, 6.45) is 0. The van der Waals surface area contributed by atoms with Gasteiger partial charge < -0.3 is 13.9 Å². The quantitative estimate of drug-likeness (QED) is 0.172. The third kappa shape index (κ3) is 5.05. The van der Waals surface area contributed by atoms with E-state index in [4.69, 9.17) is 4.42 Å². The highest BCUT2D eigenvalue weighted by molar-refractivity contribution is 6.14. The standard InChI is InChI=1S/C52H34N2O/c1-2-19-38(20-3-1)53(39-21-12-17-36(33-39)42-27-14-16-35-15-4-5-23-41(35)42)49-32-31-46-45-26-8-11-30-50(45)55-52(46)51(49)37-18-13-22-40(34-37)54-47-28-9-6-24-43(47)44-25-7-10-29-48(44)54/h1-34H. The number of rotatable bonds is 6. The summed E-state index contributed by atoms with van der Waals surface area (Å²) >= 11 is 0. The van der Waals surface area contributed by atoms with E-state index in [1.165, 1.54) is 38.1 Å². The zero-order valence-electron chi connectivity index (χ0n) is 29.9. The number of furan rings is 1. The highest BCUT2D eigenvalue weighted by Gasteiger charge is 2.24. The van der Waals surface area contributed by atoms with Crippen molar-refractivity contribution in [2.75, 3.05) is 4.90 Å².